The number of aryl methyl sites for hydroxylation is 3. The second-order valence-electron chi connectivity index (χ2n) is 9.65. The number of pyridine rings is 2. The molecule has 172 valence electrons. The molecular formula is C33H24N2O. The van der Waals surface area contributed by atoms with E-state index in [0.717, 1.165) is 55.4 Å². The largest absolute Gasteiger partial charge is 0.453 e. The minimum Gasteiger partial charge on any atom is -0.453 e. The maximum absolute atomic E-state index is 6.56. The van der Waals surface area contributed by atoms with E-state index in [0.29, 0.717) is 0 Å². The monoisotopic (exact) mass is 464 g/mol. The maximum atomic E-state index is 6.56. The van der Waals surface area contributed by atoms with Gasteiger partial charge >= 0.3 is 0 Å². The first-order valence-corrected chi connectivity index (χ1v) is 12.3. The number of para-hydroxylation sites is 1. The van der Waals surface area contributed by atoms with Crippen molar-refractivity contribution in [2.75, 3.05) is 0 Å². The van der Waals surface area contributed by atoms with E-state index in [9.17, 15) is 0 Å². The average molecular weight is 465 g/mol. The molecule has 3 heterocycles. The van der Waals surface area contributed by atoms with Crippen molar-refractivity contribution in [3.8, 4) is 22.4 Å². The fourth-order valence-electron chi connectivity index (χ4n) is 5.34. The lowest BCUT2D eigenvalue weighted by molar-refractivity contribution is 0.672. The summed E-state index contributed by atoms with van der Waals surface area (Å²) >= 11 is 0. The predicted molar refractivity (Wildman–Crippen MR) is 149 cm³/mol. The normalized spacial score (nSPS) is 11.8. The zero-order chi connectivity index (χ0) is 24.4. The third-order valence-corrected chi connectivity index (χ3v) is 7.23. The maximum Gasteiger partial charge on any atom is 0.161 e. The third kappa shape index (κ3) is 3.13. The summed E-state index contributed by atoms with van der Waals surface area (Å²) < 4.78 is 6.56. The van der Waals surface area contributed by atoms with E-state index in [1.807, 2.05) is 19.2 Å². The molecule has 0 amide bonds. The first-order valence-electron chi connectivity index (χ1n) is 12.3. The fraction of sp³-hybridized carbons (Fsp3) is 0.0909. The van der Waals surface area contributed by atoms with Gasteiger partial charge in [-0.2, -0.15) is 0 Å². The van der Waals surface area contributed by atoms with Crippen LogP contribution in [0.15, 0.2) is 95.5 Å². The van der Waals surface area contributed by atoms with Crippen molar-refractivity contribution < 1.29 is 4.42 Å². The lowest BCUT2D eigenvalue weighted by Crippen LogP contribution is -1.92. The van der Waals surface area contributed by atoms with E-state index in [-0.39, 0.29) is 0 Å². The van der Waals surface area contributed by atoms with E-state index < -0.39 is 0 Å². The smallest absolute Gasteiger partial charge is 0.161 e. The average Bonchev–Trinajstić information content (AvgIpc) is 3.28. The van der Waals surface area contributed by atoms with Crippen LogP contribution in [0, 0.1) is 20.8 Å². The molecule has 3 heteroatoms. The molecule has 0 saturated carbocycles. The van der Waals surface area contributed by atoms with Crippen LogP contribution in [0.25, 0.3) is 66.0 Å². The van der Waals surface area contributed by atoms with Crippen LogP contribution in [0.1, 0.15) is 16.8 Å². The molecule has 0 saturated heterocycles. The van der Waals surface area contributed by atoms with Gasteiger partial charge in [-0.05, 0) is 84.1 Å². The lowest BCUT2D eigenvalue weighted by atomic mass is 9.93. The SMILES string of the molecule is Cc1ccc2ccc3c4cccc(-c5cc(-c6cc7ccccc7cc6C)c(C)cn5)c4oc3c2n1. The van der Waals surface area contributed by atoms with Crippen molar-refractivity contribution in [3.63, 3.8) is 0 Å². The first kappa shape index (κ1) is 20.8. The van der Waals surface area contributed by atoms with Crippen molar-refractivity contribution in [1.82, 2.24) is 9.97 Å². The first-order chi connectivity index (χ1) is 17.6. The Morgan fingerprint density at radius 2 is 1.33 bits per heavy atom. The summed E-state index contributed by atoms with van der Waals surface area (Å²) in [5, 5.41) is 5.74. The quantitative estimate of drug-likeness (QED) is 0.256. The van der Waals surface area contributed by atoms with Crippen molar-refractivity contribution >= 4 is 43.6 Å². The molecule has 7 aromatic rings. The Kier molecular flexibility index (Phi) is 4.49. The highest BCUT2D eigenvalue weighted by molar-refractivity contribution is 6.16. The van der Waals surface area contributed by atoms with Gasteiger partial charge in [-0.15, -0.1) is 0 Å². The van der Waals surface area contributed by atoms with Crippen molar-refractivity contribution in [3.05, 3.63) is 108 Å². The zero-order valence-corrected chi connectivity index (χ0v) is 20.5. The molecule has 0 N–H and O–H groups in total. The summed E-state index contributed by atoms with van der Waals surface area (Å²) in [6.45, 7) is 6.32. The summed E-state index contributed by atoms with van der Waals surface area (Å²) in [6, 6.07) is 30.0. The van der Waals surface area contributed by atoms with Crippen LogP contribution in [0.2, 0.25) is 0 Å². The second kappa shape index (κ2) is 7.76. The Labute approximate surface area is 209 Å². The van der Waals surface area contributed by atoms with Crippen molar-refractivity contribution in [2.45, 2.75) is 20.8 Å². The lowest BCUT2D eigenvalue weighted by Gasteiger charge is -2.13. The van der Waals surface area contributed by atoms with Gasteiger partial charge < -0.3 is 4.42 Å². The minimum atomic E-state index is 0.830. The number of fused-ring (bicyclic) bond motifs is 6. The van der Waals surface area contributed by atoms with Crippen LogP contribution in [0.4, 0.5) is 0 Å². The van der Waals surface area contributed by atoms with Crippen LogP contribution in [0.3, 0.4) is 0 Å². The van der Waals surface area contributed by atoms with Crippen LogP contribution in [0.5, 0.6) is 0 Å². The molecule has 0 aliphatic rings. The number of nitrogens with zero attached hydrogens (tertiary/aromatic N) is 2. The molecular weight excluding hydrogens is 440 g/mol. The summed E-state index contributed by atoms with van der Waals surface area (Å²) in [4.78, 5) is 9.64. The third-order valence-electron chi connectivity index (χ3n) is 7.23. The molecule has 0 fully saturated rings. The van der Waals surface area contributed by atoms with E-state index >= 15 is 0 Å². The fourth-order valence-corrected chi connectivity index (χ4v) is 5.34. The van der Waals surface area contributed by atoms with Crippen LogP contribution >= 0.6 is 0 Å². The van der Waals surface area contributed by atoms with Gasteiger partial charge in [0.2, 0.25) is 0 Å². The molecule has 0 aliphatic heterocycles. The second-order valence-corrected chi connectivity index (χ2v) is 9.65. The summed E-state index contributed by atoms with van der Waals surface area (Å²) in [5.41, 5.74) is 10.3. The van der Waals surface area contributed by atoms with Gasteiger partial charge in [0, 0.05) is 33.6 Å². The van der Waals surface area contributed by atoms with Gasteiger partial charge in [-0.25, -0.2) is 4.98 Å². The Bertz CT molecular complexity index is 1980. The highest BCUT2D eigenvalue weighted by Gasteiger charge is 2.17. The zero-order valence-electron chi connectivity index (χ0n) is 20.5. The van der Waals surface area contributed by atoms with Crippen LogP contribution < -0.4 is 0 Å². The number of hydrogen-bond donors (Lipinski definition) is 0. The summed E-state index contributed by atoms with van der Waals surface area (Å²) in [6.07, 6.45) is 1.97. The van der Waals surface area contributed by atoms with Crippen molar-refractivity contribution in [1.29, 1.82) is 0 Å². The van der Waals surface area contributed by atoms with Gasteiger partial charge in [0.1, 0.15) is 11.1 Å². The Balaban J connectivity index is 1.47. The van der Waals surface area contributed by atoms with E-state index in [4.69, 9.17) is 14.4 Å². The molecule has 0 atom stereocenters. The van der Waals surface area contributed by atoms with Crippen molar-refractivity contribution in [2.24, 2.45) is 0 Å². The highest BCUT2D eigenvalue weighted by atomic mass is 16.3. The van der Waals surface area contributed by atoms with Gasteiger partial charge in [0.05, 0.1) is 5.69 Å². The topological polar surface area (TPSA) is 38.9 Å². The Hall–Kier alpha value is -4.50. The molecule has 4 aromatic carbocycles. The molecule has 3 aromatic heterocycles. The van der Waals surface area contributed by atoms with E-state index in [2.05, 4.69) is 92.7 Å². The van der Waals surface area contributed by atoms with Gasteiger partial charge in [-0.1, -0.05) is 54.6 Å². The highest BCUT2D eigenvalue weighted by Crippen LogP contribution is 2.39. The van der Waals surface area contributed by atoms with Gasteiger partial charge in [0.15, 0.2) is 5.58 Å². The van der Waals surface area contributed by atoms with Crippen LogP contribution in [-0.4, -0.2) is 9.97 Å². The number of aromatic nitrogens is 2. The molecule has 0 bridgehead atoms. The minimum absolute atomic E-state index is 0.830. The molecule has 36 heavy (non-hydrogen) atoms. The van der Waals surface area contributed by atoms with E-state index in [1.165, 1.54) is 27.5 Å². The van der Waals surface area contributed by atoms with Gasteiger partial charge in [-0.3, -0.25) is 4.98 Å². The van der Waals surface area contributed by atoms with Gasteiger partial charge in [0.25, 0.3) is 0 Å². The summed E-state index contributed by atoms with van der Waals surface area (Å²) in [7, 11) is 0. The number of furan rings is 1. The molecule has 3 nitrogen and oxygen atoms in total. The molecule has 0 aliphatic carbocycles. The standard InChI is InChI=1S/C33H24N2O/c1-19-15-23-7-4-5-8-24(23)16-28(19)29-17-30(34-18-20(29)2)27-10-6-9-25-26-14-13-22-12-11-21(3)35-31(22)33(26)36-32(25)27/h4-18H,1-3H3. The predicted octanol–water partition coefficient (Wildman–Crippen LogP) is 8.94. The van der Waals surface area contributed by atoms with E-state index in [1.54, 1.807) is 0 Å². The molecule has 0 spiro atoms. The Morgan fingerprint density at radius 1 is 0.583 bits per heavy atom. The molecule has 0 radical (unpaired) electrons. The Morgan fingerprint density at radius 3 is 2.19 bits per heavy atom. The molecule has 0 unspecified atom stereocenters. The van der Waals surface area contributed by atoms with Crippen LogP contribution in [-0.2, 0) is 0 Å². The summed E-state index contributed by atoms with van der Waals surface area (Å²) in [5.74, 6) is 0. The molecule has 7 rings (SSSR count). The number of rotatable bonds is 2. The number of hydrogen-bond acceptors (Lipinski definition) is 3. The number of benzene rings is 4.